The van der Waals surface area contributed by atoms with Crippen molar-refractivity contribution in [1.29, 1.82) is 5.26 Å². The summed E-state index contributed by atoms with van der Waals surface area (Å²) >= 11 is 5.98. The molecule has 28 heavy (non-hydrogen) atoms. The van der Waals surface area contributed by atoms with E-state index in [1.165, 1.54) is 12.1 Å². The highest BCUT2D eigenvalue weighted by molar-refractivity contribution is 7.90. The zero-order chi connectivity index (χ0) is 20.3. The van der Waals surface area contributed by atoms with Crippen LogP contribution in [0, 0.1) is 11.3 Å². The molecule has 0 unspecified atom stereocenters. The summed E-state index contributed by atoms with van der Waals surface area (Å²) in [4.78, 5) is 16.8. The van der Waals surface area contributed by atoms with E-state index in [1.807, 2.05) is 12.1 Å². The Balaban J connectivity index is 1.75. The first-order valence-electron chi connectivity index (χ1n) is 8.83. The lowest BCUT2D eigenvalue weighted by Crippen LogP contribution is -2.35. The molecule has 0 aromatic heterocycles. The molecule has 1 aliphatic heterocycles. The van der Waals surface area contributed by atoms with E-state index >= 15 is 0 Å². The van der Waals surface area contributed by atoms with Crippen LogP contribution < -0.4 is 4.90 Å². The highest BCUT2D eigenvalue weighted by Gasteiger charge is 2.22. The predicted molar refractivity (Wildman–Crippen MR) is 108 cm³/mol. The Morgan fingerprint density at radius 2 is 1.79 bits per heavy atom. The van der Waals surface area contributed by atoms with Gasteiger partial charge >= 0.3 is 0 Å². The summed E-state index contributed by atoms with van der Waals surface area (Å²) in [5.41, 5.74) is 1.94. The number of carbonyl (C=O) groups is 1. The van der Waals surface area contributed by atoms with E-state index in [9.17, 15) is 13.2 Å². The Hall–Kier alpha value is -2.56. The van der Waals surface area contributed by atoms with Gasteiger partial charge in [-0.1, -0.05) is 11.6 Å². The van der Waals surface area contributed by atoms with Crippen LogP contribution in [0.4, 0.5) is 5.69 Å². The van der Waals surface area contributed by atoms with Crippen LogP contribution in [0.1, 0.15) is 22.3 Å². The first-order chi connectivity index (χ1) is 13.3. The number of anilines is 1. The molecule has 0 atom stereocenters. The van der Waals surface area contributed by atoms with E-state index in [0.717, 1.165) is 24.9 Å². The largest absolute Gasteiger partial charge is 0.370 e. The van der Waals surface area contributed by atoms with Gasteiger partial charge in [-0.05, 0) is 48.9 Å². The second-order valence-corrected chi connectivity index (χ2v) is 9.10. The summed E-state index contributed by atoms with van der Waals surface area (Å²) in [6.07, 6.45) is 1.86. The van der Waals surface area contributed by atoms with Crippen LogP contribution in [0.5, 0.6) is 0 Å². The minimum Gasteiger partial charge on any atom is -0.370 e. The third-order valence-electron chi connectivity index (χ3n) is 4.72. The summed E-state index contributed by atoms with van der Waals surface area (Å²) in [6.45, 7) is 2.56. The van der Waals surface area contributed by atoms with Crippen LogP contribution in [0.25, 0.3) is 0 Å². The Kier molecular flexibility index (Phi) is 5.92. The van der Waals surface area contributed by atoms with Gasteiger partial charge in [0.1, 0.15) is 0 Å². The smallest absolute Gasteiger partial charge is 0.253 e. The molecule has 8 heteroatoms. The van der Waals surface area contributed by atoms with Crippen molar-refractivity contribution >= 4 is 33.0 Å². The Labute approximate surface area is 169 Å². The Morgan fingerprint density at radius 3 is 2.43 bits per heavy atom. The maximum atomic E-state index is 12.9. The topological polar surface area (TPSA) is 81.5 Å². The number of hydrogen-bond donors (Lipinski definition) is 0. The maximum Gasteiger partial charge on any atom is 0.253 e. The van der Waals surface area contributed by atoms with Crippen molar-refractivity contribution in [1.82, 2.24) is 4.90 Å². The van der Waals surface area contributed by atoms with Gasteiger partial charge in [-0.3, -0.25) is 4.79 Å². The number of benzene rings is 2. The number of sulfone groups is 1. The number of halogens is 1. The molecule has 0 bridgehead atoms. The molecule has 3 rings (SSSR count). The predicted octanol–water partition coefficient (Wildman–Crippen LogP) is 2.97. The van der Waals surface area contributed by atoms with Gasteiger partial charge in [0.25, 0.3) is 5.91 Å². The fraction of sp³-hybridized carbons (Fsp3) is 0.300. The highest BCUT2D eigenvalue weighted by Crippen LogP contribution is 2.24. The third kappa shape index (κ3) is 4.46. The molecule has 0 spiro atoms. The zero-order valence-corrected chi connectivity index (χ0v) is 17.0. The molecule has 0 saturated carbocycles. The molecule has 1 aliphatic rings. The van der Waals surface area contributed by atoms with Gasteiger partial charge in [0, 0.05) is 43.7 Å². The highest BCUT2D eigenvalue weighted by atomic mass is 35.5. The van der Waals surface area contributed by atoms with Crippen LogP contribution in [0.3, 0.4) is 0 Å². The molecular weight excluding hydrogens is 398 g/mol. The van der Waals surface area contributed by atoms with Crippen molar-refractivity contribution in [3.63, 3.8) is 0 Å². The van der Waals surface area contributed by atoms with E-state index < -0.39 is 9.84 Å². The fourth-order valence-corrected chi connectivity index (χ4v) is 4.53. The van der Waals surface area contributed by atoms with Gasteiger partial charge in [-0.25, -0.2) is 8.42 Å². The van der Waals surface area contributed by atoms with Crippen molar-refractivity contribution in [2.75, 3.05) is 37.3 Å². The number of amides is 1. The summed E-state index contributed by atoms with van der Waals surface area (Å²) in [5, 5.41) is 9.03. The Bertz CT molecular complexity index is 1030. The fourth-order valence-electron chi connectivity index (χ4n) is 3.23. The minimum absolute atomic E-state index is 0.0333. The van der Waals surface area contributed by atoms with Gasteiger partial charge < -0.3 is 9.80 Å². The normalized spacial score (nSPS) is 15.0. The first kappa shape index (κ1) is 20.2. The number of rotatable bonds is 3. The third-order valence-corrected chi connectivity index (χ3v) is 6.30. The van der Waals surface area contributed by atoms with Crippen LogP contribution in [-0.2, 0) is 9.84 Å². The first-order valence-corrected chi connectivity index (χ1v) is 11.1. The number of hydrogen-bond acceptors (Lipinski definition) is 5. The van der Waals surface area contributed by atoms with Crippen molar-refractivity contribution in [2.45, 2.75) is 11.3 Å². The van der Waals surface area contributed by atoms with Crippen LogP contribution in [-0.4, -0.2) is 51.7 Å². The molecule has 1 saturated heterocycles. The van der Waals surface area contributed by atoms with E-state index in [-0.39, 0.29) is 15.8 Å². The summed E-state index contributed by atoms with van der Waals surface area (Å²) in [6, 6.07) is 13.8. The number of carbonyl (C=O) groups excluding carboxylic acids is 1. The molecule has 146 valence electrons. The second-order valence-electron chi connectivity index (χ2n) is 6.71. The molecule has 0 radical (unpaired) electrons. The molecule has 1 heterocycles. The molecule has 6 nitrogen and oxygen atoms in total. The summed E-state index contributed by atoms with van der Waals surface area (Å²) < 4.78 is 23.7. The van der Waals surface area contributed by atoms with Crippen LogP contribution >= 0.6 is 11.6 Å². The molecule has 1 amide bonds. The van der Waals surface area contributed by atoms with Crippen molar-refractivity contribution in [2.24, 2.45) is 0 Å². The molecule has 2 aromatic carbocycles. The van der Waals surface area contributed by atoms with Crippen LogP contribution in [0.2, 0.25) is 5.02 Å². The van der Waals surface area contributed by atoms with Gasteiger partial charge in [0.15, 0.2) is 9.84 Å². The average molecular weight is 418 g/mol. The SMILES string of the molecule is CS(=O)(=O)c1cc(C(=O)N2CCCN(c3ccc(C#N)cc3)CC2)ccc1Cl. The van der Waals surface area contributed by atoms with Crippen molar-refractivity contribution in [3.05, 3.63) is 58.6 Å². The monoisotopic (exact) mass is 417 g/mol. The second kappa shape index (κ2) is 8.21. The van der Waals surface area contributed by atoms with Crippen molar-refractivity contribution in [3.8, 4) is 6.07 Å². The number of nitrogens with zero attached hydrogens (tertiary/aromatic N) is 3. The molecule has 2 aromatic rings. The van der Waals surface area contributed by atoms with Crippen molar-refractivity contribution < 1.29 is 13.2 Å². The van der Waals surface area contributed by atoms with Crippen LogP contribution in [0.15, 0.2) is 47.4 Å². The zero-order valence-electron chi connectivity index (χ0n) is 15.4. The van der Waals surface area contributed by atoms with Gasteiger partial charge in [0.2, 0.25) is 0 Å². The lowest BCUT2D eigenvalue weighted by Gasteiger charge is -2.24. The van der Waals surface area contributed by atoms with Gasteiger partial charge in [0.05, 0.1) is 21.6 Å². The molecular formula is C20H20ClN3O3S. The molecule has 0 N–H and O–H groups in total. The van der Waals surface area contributed by atoms with E-state index in [4.69, 9.17) is 16.9 Å². The number of nitriles is 1. The standard InChI is InChI=1S/C20H20ClN3O3S/c1-28(26,27)19-13-16(5-8-18(19)21)20(25)24-10-2-9-23(11-12-24)17-6-3-15(14-22)4-7-17/h3-8,13H,2,9-12H2,1H3. The Morgan fingerprint density at radius 1 is 1.07 bits per heavy atom. The maximum absolute atomic E-state index is 12.9. The minimum atomic E-state index is -3.51. The summed E-state index contributed by atoms with van der Waals surface area (Å²) in [7, 11) is -3.51. The quantitative estimate of drug-likeness (QED) is 0.766. The lowest BCUT2D eigenvalue weighted by molar-refractivity contribution is 0.0767. The average Bonchev–Trinajstić information content (AvgIpc) is 2.93. The van der Waals surface area contributed by atoms with E-state index in [1.54, 1.807) is 23.1 Å². The van der Waals surface area contributed by atoms with E-state index in [0.29, 0.717) is 30.8 Å². The molecule has 0 aliphatic carbocycles. The lowest BCUT2D eigenvalue weighted by atomic mass is 10.2. The molecule has 1 fully saturated rings. The van der Waals surface area contributed by atoms with E-state index in [2.05, 4.69) is 11.0 Å². The summed E-state index contributed by atoms with van der Waals surface area (Å²) in [5.74, 6) is -0.205. The van der Waals surface area contributed by atoms with Gasteiger partial charge in [-0.15, -0.1) is 0 Å². The van der Waals surface area contributed by atoms with Gasteiger partial charge in [-0.2, -0.15) is 5.26 Å².